The van der Waals surface area contributed by atoms with E-state index in [2.05, 4.69) is 10.2 Å². The highest BCUT2D eigenvalue weighted by atomic mass is 32.2. The van der Waals surface area contributed by atoms with E-state index in [9.17, 15) is 4.79 Å². The van der Waals surface area contributed by atoms with Crippen LogP contribution in [-0.2, 0) is 9.53 Å². The number of thioether (sulfide) groups is 1. The number of methoxy groups -OCH3 is 1. The van der Waals surface area contributed by atoms with Gasteiger partial charge in [0, 0.05) is 5.39 Å². The van der Waals surface area contributed by atoms with Crippen molar-refractivity contribution in [3.05, 3.63) is 42.5 Å². The van der Waals surface area contributed by atoms with Gasteiger partial charge in [-0.25, -0.2) is 0 Å². The lowest BCUT2D eigenvalue weighted by Gasteiger charge is -2.21. The first-order valence-electron chi connectivity index (χ1n) is 7.40. The zero-order chi connectivity index (χ0) is 17.3. The van der Waals surface area contributed by atoms with Crippen molar-refractivity contribution in [2.75, 3.05) is 7.11 Å². The molecule has 2 radical (unpaired) electrons. The average molecular weight is 337 g/mol. The number of hydrogen-bond donors (Lipinski definition) is 0. The first-order valence-corrected chi connectivity index (χ1v) is 8.22. The van der Waals surface area contributed by atoms with Gasteiger partial charge in [0.2, 0.25) is 0 Å². The number of rotatable bonds is 4. The van der Waals surface area contributed by atoms with Crippen LogP contribution < -0.4 is 5.72 Å². The molecule has 0 saturated heterocycles. The molecule has 0 fully saturated rings. The largest absolute Gasteiger partial charge is 0.468 e. The molecular weight excluding hydrogens is 321 g/mol. The summed E-state index contributed by atoms with van der Waals surface area (Å²) in [6.07, 6.45) is 0. The van der Waals surface area contributed by atoms with E-state index in [0.717, 1.165) is 16.5 Å². The van der Waals surface area contributed by atoms with Crippen LogP contribution >= 0.6 is 11.8 Å². The molecule has 120 valence electrons. The number of fused-ring (bicyclic) bond motifs is 1. The van der Waals surface area contributed by atoms with Crippen molar-refractivity contribution in [3.63, 3.8) is 0 Å². The van der Waals surface area contributed by atoms with Crippen molar-refractivity contribution in [2.24, 2.45) is 0 Å². The summed E-state index contributed by atoms with van der Waals surface area (Å²) in [7, 11) is 7.42. The van der Waals surface area contributed by atoms with Crippen molar-refractivity contribution in [3.8, 4) is 5.69 Å². The monoisotopic (exact) mass is 337 g/mol. The third-order valence-corrected chi connectivity index (χ3v) is 4.81. The van der Waals surface area contributed by atoms with Gasteiger partial charge in [-0.1, -0.05) is 48.2 Å². The van der Waals surface area contributed by atoms with Crippen molar-refractivity contribution >= 4 is 42.1 Å². The highest BCUT2D eigenvalue weighted by Crippen LogP contribution is 2.34. The minimum Gasteiger partial charge on any atom is -0.468 e. The van der Waals surface area contributed by atoms with Crippen LogP contribution in [0.3, 0.4) is 0 Å². The van der Waals surface area contributed by atoms with Gasteiger partial charge in [0.1, 0.15) is 4.75 Å². The second-order valence-electron chi connectivity index (χ2n) is 5.78. The molecule has 2 aromatic carbocycles. The molecule has 0 spiro atoms. The third-order valence-electron chi connectivity index (χ3n) is 3.69. The van der Waals surface area contributed by atoms with Gasteiger partial charge in [-0.3, -0.25) is 9.36 Å². The standard InChI is InChI=1S/C17H16BN3O2S/c1-17(2,14(22)23-3)24-16-20-19-15(18)21(16)13-10-6-8-11-7-4-5-9-12(11)13/h4-10H,1-3H3. The minimum absolute atomic E-state index is 0.273. The van der Waals surface area contributed by atoms with Gasteiger partial charge in [-0.2, -0.15) is 0 Å². The van der Waals surface area contributed by atoms with E-state index >= 15 is 0 Å². The van der Waals surface area contributed by atoms with Crippen molar-refractivity contribution in [2.45, 2.75) is 23.8 Å². The number of ether oxygens (including phenoxy) is 1. The zero-order valence-corrected chi connectivity index (χ0v) is 14.5. The molecule has 24 heavy (non-hydrogen) atoms. The SMILES string of the molecule is [B]c1nnc(SC(C)(C)C(=O)OC)n1-c1cccc2ccccc12. The van der Waals surface area contributed by atoms with Crippen molar-refractivity contribution in [1.82, 2.24) is 14.8 Å². The number of benzene rings is 2. The maximum atomic E-state index is 12.0. The number of carbonyl (C=O) groups is 1. The summed E-state index contributed by atoms with van der Waals surface area (Å²) < 4.78 is 5.81. The number of esters is 1. The molecule has 0 N–H and O–H groups in total. The molecule has 5 nitrogen and oxygen atoms in total. The molecule has 0 atom stereocenters. The van der Waals surface area contributed by atoms with Crippen molar-refractivity contribution < 1.29 is 9.53 Å². The summed E-state index contributed by atoms with van der Waals surface area (Å²) in [6.45, 7) is 3.56. The van der Waals surface area contributed by atoms with Gasteiger partial charge in [0.25, 0.3) is 0 Å². The van der Waals surface area contributed by atoms with E-state index in [0.29, 0.717) is 5.16 Å². The van der Waals surface area contributed by atoms with E-state index in [1.54, 1.807) is 18.4 Å². The first kappa shape index (κ1) is 16.6. The lowest BCUT2D eigenvalue weighted by atomic mass is 10.1. The van der Waals surface area contributed by atoms with E-state index in [1.165, 1.54) is 18.9 Å². The molecular formula is C17H16BN3O2S. The van der Waals surface area contributed by atoms with E-state index in [-0.39, 0.29) is 11.7 Å². The molecule has 0 aliphatic carbocycles. The quantitative estimate of drug-likeness (QED) is 0.415. The molecule has 0 bridgehead atoms. The Morgan fingerprint density at radius 2 is 1.88 bits per heavy atom. The molecule has 0 aliphatic rings. The lowest BCUT2D eigenvalue weighted by molar-refractivity contribution is -0.142. The highest BCUT2D eigenvalue weighted by Gasteiger charge is 2.32. The van der Waals surface area contributed by atoms with Crippen LogP contribution in [0.15, 0.2) is 47.6 Å². The van der Waals surface area contributed by atoms with E-state index < -0.39 is 4.75 Å². The van der Waals surface area contributed by atoms with Gasteiger partial charge in [-0.05, 0) is 25.3 Å². The normalized spacial score (nSPS) is 11.6. The Labute approximate surface area is 145 Å². The topological polar surface area (TPSA) is 57.0 Å². The Hall–Kier alpha value is -2.28. The fourth-order valence-corrected chi connectivity index (χ4v) is 3.48. The van der Waals surface area contributed by atoms with Gasteiger partial charge in [0.05, 0.1) is 18.5 Å². The molecule has 3 rings (SSSR count). The van der Waals surface area contributed by atoms with Crippen LogP contribution in [0.1, 0.15) is 13.8 Å². The minimum atomic E-state index is -0.809. The van der Waals surface area contributed by atoms with Gasteiger partial charge in [-0.15, -0.1) is 10.2 Å². The van der Waals surface area contributed by atoms with Crippen LogP contribution in [0.5, 0.6) is 0 Å². The predicted molar refractivity (Wildman–Crippen MR) is 96.2 cm³/mol. The Morgan fingerprint density at radius 3 is 2.62 bits per heavy atom. The first-order chi connectivity index (χ1) is 11.4. The molecule has 0 amide bonds. The summed E-state index contributed by atoms with van der Waals surface area (Å²) in [5.41, 5.74) is 1.15. The maximum Gasteiger partial charge on any atom is 0.321 e. The number of carbonyl (C=O) groups excluding carboxylic acids is 1. The second kappa shape index (κ2) is 6.32. The third kappa shape index (κ3) is 2.91. The smallest absolute Gasteiger partial charge is 0.321 e. The maximum absolute atomic E-state index is 12.0. The predicted octanol–water partition coefficient (Wildman–Crippen LogP) is 2.26. The lowest BCUT2D eigenvalue weighted by Crippen LogP contribution is -2.30. The highest BCUT2D eigenvalue weighted by molar-refractivity contribution is 8.01. The fraction of sp³-hybridized carbons (Fsp3) is 0.235. The number of hydrogen-bond acceptors (Lipinski definition) is 5. The Morgan fingerprint density at radius 1 is 1.17 bits per heavy atom. The van der Waals surface area contributed by atoms with Crippen LogP contribution in [0.25, 0.3) is 16.5 Å². The number of aromatic nitrogens is 3. The van der Waals surface area contributed by atoms with Gasteiger partial charge < -0.3 is 4.74 Å². The fourth-order valence-electron chi connectivity index (χ4n) is 2.49. The molecule has 1 aromatic heterocycles. The Kier molecular flexibility index (Phi) is 4.36. The second-order valence-corrected chi connectivity index (χ2v) is 7.37. The van der Waals surface area contributed by atoms with Crippen LogP contribution in [0, 0.1) is 0 Å². The average Bonchev–Trinajstić information content (AvgIpc) is 2.93. The number of nitrogens with zero attached hydrogens (tertiary/aromatic N) is 3. The summed E-state index contributed by atoms with van der Waals surface area (Å²) in [5.74, 6) is -0.335. The van der Waals surface area contributed by atoms with Gasteiger partial charge >= 0.3 is 5.97 Å². The zero-order valence-electron chi connectivity index (χ0n) is 13.7. The molecule has 1 heterocycles. The Balaban J connectivity index is 2.13. The van der Waals surface area contributed by atoms with Crippen LogP contribution in [0.4, 0.5) is 0 Å². The summed E-state index contributed by atoms with van der Waals surface area (Å²) in [5, 5.41) is 10.8. The molecule has 0 unspecified atom stereocenters. The Bertz CT molecular complexity index is 902. The van der Waals surface area contributed by atoms with E-state index in [1.807, 2.05) is 42.5 Å². The molecule has 0 saturated carbocycles. The van der Waals surface area contributed by atoms with E-state index in [4.69, 9.17) is 12.6 Å². The summed E-state index contributed by atoms with van der Waals surface area (Å²) >= 11 is 1.26. The van der Waals surface area contributed by atoms with Crippen molar-refractivity contribution in [1.29, 1.82) is 0 Å². The summed E-state index contributed by atoms with van der Waals surface area (Å²) in [4.78, 5) is 12.0. The van der Waals surface area contributed by atoms with Crippen LogP contribution in [0.2, 0.25) is 0 Å². The van der Waals surface area contributed by atoms with Crippen LogP contribution in [-0.4, -0.2) is 40.4 Å². The van der Waals surface area contributed by atoms with Gasteiger partial charge in [0.15, 0.2) is 13.0 Å². The molecule has 0 aliphatic heterocycles. The molecule has 7 heteroatoms. The summed E-state index contributed by atoms with van der Waals surface area (Å²) in [6, 6.07) is 13.9. The molecule has 3 aromatic rings.